The Morgan fingerprint density at radius 2 is 2.12 bits per heavy atom. The van der Waals surface area contributed by atoms with Gasteiger partial charge in [-0.2, -0.15) is 0 Å². The molecule has 0 aliphatic heterocycles. The van der Waals surface area contributed by atoms with Gasteiger partial charge in [0.2, 0.25) is 0 Å². The number of nitrogens with two attached hydrogens (primary N) is 1. The number of hydrogen-bond donors (Lipinski definition) is 3. The molecule has 0 unspecified atom stereocenters. The molecule has 1 fully saturated rings. The molecule has 0 bridgehead atoms. The highest BCUT2D eigenvalue weighted by atomic mass is 16.1. The minimum Gasteiger partial charge on any atom is -0.351 e. The molecule has 4 heteroatoms. The van der Waals surface area contributed by atoms with Crippen molar-refractivity contribution in [2.24, 2.45) is 11.3 Å². The van der Waals surface area contributed by atoms with E-state index in [9.17, 15) is 4.79 Å². The number of hydrazine groups is 1. The number of rotatable bonds is 4. The zero-order valence-electron chi connectivity index (χ0n) is 9.42. The number of benzene rings is 1. The van der Waals surface area contributed by atoms with Gasteiger partial charge in [-0.3, -0.25) is 10.6 Å². The minimum absolute atomic E-state index is 0.0679. The monoisotopic (exact) mass is 219 g/mol. The highest BCUT2D eigenvalue weighted by molar-refractivity contribution is 5.99. The fraction of sp³-hybridized carbons (Fsp3) is 0.417. The topological polar surface area (TPSA) is 67.2 Å². The van der Waals surface area contributed by atoms with Gasteiger partial charge in [-0.25, -0.2) is 0 Å². The minimum atomic E-state index is -0.0679. The zero-order valence-corrected chi connectivity index (χ0v) is 9.42. The van der Waals surface area contributed by atoms with Gasteiger partial charge in [0, 0.05) is 6.54 Å². The highest BCUT2D eigenvalue weighted by Crippen LogP contribution is 2.44. The summed E-state index contributed by atoms with van der Waals surface area (Å²) in [6.07, 6.45) is 2.40. The molecule has 1 aromatic rings. The van der Waals surface area contributed by atoms with Crippen LogP contribution in [0.4, 0.5) is 5.69 Å². The fourth-order valence-electron chi connectivity index (χ4n) is 1.59. The van der Waals surface area contributed by atoms with Crippen LogP contribution in [0.1, 0.15) is 30.1 Å². The van der Waals surface area contributed by atoms with Crippen LogP contribution in [0.15, 0.2) is 24.3 Å². The van der Waals surface area contributed by atoms with Gasteiger partial charge >= 0.3 is 0 Å². The zero-order chi connectivity index (χ0) is 11.6. The van der Waals surface area contributed by atoms with Crippen LogP contribution >= 0.6 is 0 Å². The molecule has 86 valence electrons. The first-order chi connectivity index (χ1) is 7.64. The summed E-state index contributed by atoms with van der Waals surface area (Å²) in [5.74, 6) is 5.28. The van der Waals surface area contributed by atoms with Gasteiger partial charge in [-0.1, -0.05) is 19.1 Å². The molecule has 0 radical (unpaired) electrons. The van der Waals surface area contributed by atoms with E-state index in [1.165, 1.54) is 12.8 Å². The first-order valence-electron chi connectivity index (χ1n) is 5.48. The van der Waals surface area contributed by atoms with E-state index >= 15 is 0 Å². The SMILES string of the molecule is CC1(CNC(=O)c2ccccc2NN)CC1. The molecule has 0 spiro atoms. The lowest BCUT2D eigenvalue weighted by Gasteiger charge is -2.12. The molecule has 0 saturated heterocycles. The van der Waals surface area contributed by atoms with Crippen LogP contribution in [-0.4, -0.2) is 12.5 Å². The molecule has 1 aliphatic rings. The maximum absolute atomic E-state index is 11.9. The van der Waals surface area contributed by atoms with Crippen LogP contribution < -0.4 is 16.6 Å². The number of anilines is 1. The van der Waals surface area contributed by atoms with E-state index in [2.05, 4.69) is 17.7 Å². The second kappa shape index (κ2) is 4.14. The van der Waals surface area contributed by atoms with Gasteiger partial charge in [0.15, 0.2) is 0 Å². The molecular formula is C12H17N3O. The summed E-state index contributed by atoms with van der Waals surface area (Å²) in [7, 11) is 0. The summed E-state index contributed by atoms with van der Waals surface area (Å²) < 4.78 is 0. The molecule has 4 N–H and O–H groups in total. The lowest BCUT2D eigenvalue weighted by molar-refractivity contribution is 0.0947. The molecule has 1 aliphatic carbocycles. The largest absolute Gasteiger partial charge is 0.351 e. The Morgan fingerprint density at radius 3 is 2.75 bits per heavy atom. The predicted molar refractivity (Wildman–Crippen MR) is 63.9 cm³/mol. The van der Waals surface area contributed by atoms with Gasteiger partial charge in [-0.05, 0) is 30.4 Å². The van der Waals surface area contributed by atoms with E-state index in [0.717, 1.165) is 6.54 Å². The Balaban J connectivity index is 2.02. The molecular weight excluding hydrogens is 202 g/mol. The van der Waals surface area contributed by atoms with E-state index in [1.807, 2.05) is 12.1 Å². The summed E-state index contributed by atoms with van der Waals surface area (Å²) in [5.41, 5.74) is 4.09. The number of hydrogen-bond acceptors (Lipinski definition) is 3. The normalized spacial score (nSPS) is 16.6. The summed E-state index contributed by atoms with van der Waals surface area (Å²) in [4.78, 5) is 11.9. The molecule has 1 aromatic carbocycles. The van der Waals surface area contributed by atoms with Crippen molar-refractivity contribution < 1.29 is 4.79 Å². The van der Waals surface area contributed by atoms with Crippen molar-refractivity contribution in [3.63, 3.8) is 0 Å². The summed E-state index contributed by atoms with van der Waals surface area (Å²) in [6.45, 7) is 2.92. The molecule has 1 saturated carbocycles. The number of carbonyl (C=O) groups excluding carboxylic acids is 1. The smallest absolute Gasteiger partial charge is 0.253 e. The molecule has 0 heterocycles. The lowest BCUT2D eigenvalue weighted by atomic mass is 10.1. The Bertz CT molecular complexity index is 399. The van der Waals surface area contributed by atoms with E-state index in [-0.39, 0.29) is 5.91 Å². The van der Waals surface area contributed by atoms with Crippen LogP contribution in [0.3, 0.4) is 0 Å². The summed E-state index contributed by atoms with van der Waals surface area (Å²) in [6, 6.07) is 7.22. The Labute approximate surface area is 95.2 Å². The summed E-state index contributed by atoms with van der Waals surface area (Å²) in [5, 5.41) is 2.94. The van der Waals surface area contributed by atoms with Gasteiger partial charge in [0.1, 0.15) is 0 Å². The number of para-hydroxylation sites is 1. The van der Waals surface area contributed by atoms with E-state index in [0.29, 0.717) is 16.7 Å². The van der Waals surface area contributed by atoms with E-state index in [1.54, 1.807) is 12.1 Å². The van der Waals surface area contributed by atoms with Crippen LogP contribution in [0.25, 0.3) is 0 Å². The average Bonchev–Trinajstić information content (AvgIpc) is 3.05. The first kappa shape index (κ1) is 11.0. The Morgan fingerprint density at radius 1 is 1.44 bits per heavy atom. The van der Waals surface area contributed by atoms with Crippen LogP contribution in [0, 0.1) is 5.41 Å². The van der Waals surface area contributed by atoms with Crippen molar-refractivity contribution in [2.45, 2.75) is 19.8 Å². The van der Waals surface area contributed by atoms with Gasteiger partial charge in [-0.15, -0.1) is 0 Å². The Kier molecular flexibility index (Phi) is 2.83. The number of amides is 1. The summed E-state index contributed by atoms with van der Waals surface area (Å²) >= 11 is 0. The lowest BCUT2D eigenvalue weighted by Crippen LogP contribution is -2.30. The average molecular weight is 219 g/mol. The third kappa shape index (κ3) is 2.33. The highest BCUT2D eigenvalue weighted by Gasteiger charge is 2.37. The molecule has 0 atom stereocenters. The van der Waals surface area contributed by atoms with Crippen molar-refractivity contribution in [1.29, 1.82) is 0 Å². The second-order valence-corrected chi connectivity index (χ2v) is 4.68. The van der Waals surface area contributed by atoms with Crippen molar-refractivity contribution in [3.05, 3.63) is 29.8 Å². The Hall–Kier alpha value is -1.55. The van der Waals surface area contributed by atoms with Crippen molar-refractivity contribution in [3.8, 4) is 0 Å². The van der Waals surface area contributed by atoms with Crippen molar-refractivity contribution in [1.82, 2.24) is 5.32 Å². The standard InChI is InChI=1S/C12H17N3O/c1-12(6-7-12)8-14-11(16)9-4-2-3-5-10(9)15-13/h2-5,15H,6-8,13H2,1H3,(H,14,16). The quantitative estimate of drug-likeness (QED) is 0.531. The molecule has 1 amide bonds. The maximum atomic E-state index is 11.9. The van der Waals surface area contributed by atoms with E-state index in [4.69, 9.17) is 5.84 Å². The third-order valence-electron chi connectivity index (χ3n) is 3.11. The van der Waals surface area contributed by atoms with Crippen molar-refractivity contribution in [2.75, 3.05) is 12.0 Å². The van der Waals surface area contributed by atoms with Gasteiger partial charge < -0.3 is 10.7 Å². The predicted octanol–water partition coefficient (Wildman–Crippen LogP) is 1.50. The third-order valence-corrected chi connectivity index (χ3v) is 3.11. The number of carbonyl (C=O) groups is 1. The van der Waals surface area contributed by atoms with Crippen LogP contribution in [0.5, 0.6) is 0 Å². The van der Waals surface area contributed by atoms with Gasteiger partial charge in [0.25, 0.3) is 5.91 Å². The fourth-order valence-corrected chi connectivity index (χ4v) is 1.59. The first-order valence-corrected chi connectivity index (χ1v) is 5.48. The number of nitrogens with one attached hydrogen (secondary N) is 2. The molecule has 2 rings (SSSR count). The second-order valence-electron chi connectivity index (χ2n) is 4.68. The molecule has 4 nitrogen and oxygen atoms in total. The molecule has 16 heavy (non-hydrogen) atoms. The maximum Gasteiger partial charge on any atom is 0.253 e. The van der Waals surface area contributed by atoms with Crippen LogP contribution in [-0.2, 0) is 0 Å². The van der Waals surface area contributed by atoms with E-state index < -0.39 is 0 Å². The van der Waals surface area contributed by atoms with Crippen molar-refractivity contribution >= 4 is 11.6 Å². The van der Waals surface area contributed by atoms with Crippen LogP contribution in [0.2, 0.25) is 0 Å². The molecule has 0 aromatic heterocycles. The van der Waals surface area contributed by atoms with Gasteiger partial charge in [0.05, 0.1) is 11.3 Å². The number of nitrogen functional groups attached to an aromatic ring is 1.